The van der Waals surface area contributed by atoms with Gasteiger partial charge in [0.2, 0.25) is 0 Å². The molecular weight excluding hydrogens is 247 g/mol. The molecule has 0 bridgehead atoms. The molecule has 2 amide bonds. The summed E-state index contributed by atoms with van der Waals surface area (Å²) in [5, 5.41) is 5.18. The van der Waals surface area contributed by atoms with E-state index >= 15 is 0 Å². The van der Waals surface area contributed by atoms with Gasteiger partial charge in [0.1, 0.15) is 6.04 Å². The van der Waals surface area contributed by atoms with E-state index in [2.05, 4.69) is 10.6 Å². The van der Waals surface area contributed by atoms with Crippen molar-refractivity contribution in [2.75, 3.05) is 19.6 Å². The van der Waals surface area contributed by atoms with Crippen LogP contribution in [0, 0.1) is 0 Å². The second-order valence-electron chi connectivity index (χ2n) is 4.40. The number of hydrogen-bond acceptors (Lipinski definition) is 2. The van der Waals surface area contributed by atoms with E-state index in [1.165, 1.54) is 0 Å². The summed E-state index contributed by atoms with van der Waals surface area (Å²) in [5.74, 6) is 0. The third-order valence-corrected chi connectivity index (χ3v) is 3.19. The lowest BCUT2D eigenvalue weighted by molar-refractivity contribution is -0.160. The summed E-state index contributed by atoms with van der Waals surface area (Å²) in [6.45, 7) is 5.07. The third kappa shape index (κ3) is 4.04. The molecule has 2 N–H and O–H groups in total. The molecule has 0 aromatic rings. The molecule has 1 aliphatic heterocycles. The number of halogens is 3. The average Bonchev–Trinajstić information content (AvgIpc) is 2.30. The van der Waals surface area contributed by atoms with Crippen LogP contribution in [0.25, 0.3) is 0 Å². The van der Waals surface area contributed by atoms with Crippen LogP contribution in [0.3, 0.4) is 0 Å². The molecule has 0 spiro atoms. The van der Waals surface area contributed by atoms with Gasteiger partial charge in [-0.25, -0.2) is 4.79 Å². The molecule has 7 heteroatoms. The predicted molar refractivity (Wildman–Crippen MR) is 62.3 cm³/mol. The monoisotopic (exact) mass is 267 g/mol. The van der Waals surface area contributed by atoms with Gasteiger partial charge in [-0.3, -0.25) is 0 Å². The van der Waals surface area contributed by atoms with Gasteiger partial charge in [-0.05, 0) is 26.7 Å². The van der Waals surface area contributed by atoms with Gasteiger partial charge in [0.05, 0.1) is 0 Å². The van der Waals surface area contributed by atoms with Gasteiger partial charge in [-0.1, -0.05) is 0 Å². The quantitative estimate of drug-likeness (QED) is 0.817. The van der Waals surface area contributed by atoms with Crippen LogP contribution in [-0.4, -0.2) is 48.8 Å². The summed E-state index contributed by atoms with van der Waals surface area (Å²) < 4.78 is 37.2. The summed E-state index contributed by atoms with van der Waals surface area (Å²) >= 11 is 0. The Morgan fingerprint density at radius 2 is 1.94 bits per heavy atom. The molecule has 0 aromatic heterocycles. The number of urea groups is 1. The summed E-state index contributed by atoms with van der Waals surface area (Å²) in [5.41, 5.74) is 0. The van der Waals surface area contributed by atoms with Crippen molar-refractivity contribution in [1.82, 2.24) is 15.5 Å². The Balaban J connectivity index is 2.38. The number of carbonyl (C=O) groups excluding carboxylic acids is 1. The van der Waals surface area contributed by atoms with Crippen LogP contribution in [0.15, 0.2) is 0 Å². The molecule has 106 valence electrons. The number of carbonyl (C=O) groups is 1. The van der Waals surface area contributed by atoms with Gasteiger partial charge in [-0.15, -0.1) is 0 Å². The van der Waals surface area contributed by atoms with Crippen molar-refractivity contribution in [2.24, 2.45) is 0 Å². The SMILES string of the molecule is CCN(CC)C(=O)NC1CCC(C(F)(F)F)NC1. The molecule has 0 radical (unpaired) electrons. The molecule has 0 saturated carbocycles. The maximum absolute atomic E-state index is 12.4. The standard InChI is InChI=1S/C11H20F3N3O/c1-3-17(4-2)10(18)16-8-5-6-9(15-7-8)11(12,13)14/h8-9,15H,3-7H2,1-2H3,(H,16,18). The predicted octanol–water partition coefficient (Wildman–Crippen LogP) is 1.72. The molecule has 2 unspecified atom stereocenters. The Morgan fingerprint density at radius 3 is 2.33 bits per heavy atom. The topological polar surface area (TPSA) is 44.4 Å². The molecule has 4 nitrogen and oxygen atoms in total. The van der Waals surface area contributed by atoms with Crippen LogP contribution < -0.4 is 10.6 Å². The van der Waals surface area contributed by atoms with Crippen molar-refractivity contribution >= 4 is 6.03 Å². The van der Waals surface area contributed by atoms with E-state index in [1.807, 2.05) is 13.8 Å². The molecule has 0 aromatic carbocycles. The minimum absolute atomic E-state index is 0.00664. The van der Waals surface area contributed by atoms with Crippen molar-refractivity contribution in [3.8, 4) is 0 Å². The molecule has 18 heavy (non-hydrogen) atoms. The van der Waals surface area contributed by atoms with Gasteiger partial charge in [0.15, 0.2) is 0 Å². The smallest absolute Gasteiger partial charge is 0.334 e. The van der Waals surface area contributed by atoms with Gasteiger partial charge in [-0.2, -0.15) is 13.2 Å². The van der Waals surface area contributed by atoms with Gasteiger partial charge >= 0.3 is 12.2 Å². The Bertz CT molecular complexity index is 271. The molecule has 1 fully saturated rings. The Hall–Kier alpha value is -0.980. The lowest BCUT2D eigenvalue weighted by atomic mass is 10.0. The summed E-state index contributed by atoms with van der Waals surface area (Å²) in [6.07, 6.45) is -3.84. The second-order valence-corrected chi connectivity index (χ2v) is 4.40. The van der Waals surface area contributed by atoms with Crippen molar-refractivity contribution < 1.29 is 18.0 Å². The van der Waals surface area contributed by atoms with Crippen LogP contribution in [0.2, 0.25) is 0 Å². The summed E-state index contributed by atoms with van der Waals surface area (Å²) in [4.78, 5) is 13.3. The summed E-state index contributed by atoms with van der Waals surface area (Å²) in [6, 6.07) is -1.88. The van der Waals surface area contributed by atoms with Crippen LogP contribution in [0.1, 0.15) is 26.7 Å². The zero-order valence-electron chi connectivity index (χ0n) is 10.7. The van der Waals surface area contributed by atoms with Crippen LogP contribution >= 0.6 is 0 Å². The number of piperidine rings is 1. The highest BCUT2D eigenvalue weighted by atomic mass is 19.4. The van der Waals surface area contributed by atoms with E-state index in [0.29, 0.717) is 19.5 Å². The molecule has 1 rings (SSSR count). The molecule has 1 heterocycles. The van der Waals surface area contributed by atoms with E-state index in [4.69, 9.17) is 0 Å². The van der Waals surface area contributed by atoms with E-state index in [0.717, 1.165) is 0 Å². The fraction of sp³-hybridized carbons (Fsp3) is 0.909. The number of hydrogen-bond donors (Lipinski definition) is 2. The van der Waals surface area contributed by atoms with E-state index in [9.17, 15) is 18.0 Å². The van der Waals surface area contributed by atoms with Crippen LogP contribution in [-0.2, 0) is 0 Å². The molecular formula is C11H20F3N3O. The number of nitrogens with one attached hydrogen (secondary N) is 2. The van der Waals surface area contributed by atoms with E-state index in [-0.39, 0.29) is 25.0 Å². The minimum Gasteiger partial charge on any atom is -0.334 e. The van der Waals surface area contributed by atoms with Gasteiger partial charge < -0.3 is 15.5 Å². The zero-order valence-corrected chi connectivity index (χ0v) is 10.7. The first-order valence-corrected chi connectivity index (χ1v) is 6.24. The molecule has 1 saturated heterocycles. The van der Waals surface area contributed by atoms with Crippen LogP contribution in [0.4, 0.5) is 18.0 Å². The average molecular weight is 267 g/mol. The largest absolute Gasteiger partial charge is 0.403 e. The second kappa shape index (κ2) is 6.26. The first-order chi connectivity index (χ1) is 8.38. The number of alkyl halides is 3. The maximum atomic E-state index is 12.4. The van der Waals surface area contributed by atoms with Crippen molar-refractivity contribution in [1.29, 1.82) is 0 Å². The van der Waals surface area contributed by atoms with E-state index < -0.39 is 12.2 Å². The van der Waals surface area contributed by atoms with Crippen molar-refractivity contribution in [2.45, 2.75) is 44.9 Å². The first kappa shape index (κ1) is 15.1. The third-order valence-electron chi connectivity index (χ3n) is 3.19. The highest BCUT2D eigenvalue weighted by Crippen LogP contribution is 2.26. The van der Waals surface area contributed by atoms with Crippen molar-refractivity contribution in [3.05, 3.63) is 0 Å². The Kier molecular flexibility index (Phi) is 5.25. The summed E-state index contributed by atoms with van der Waals surface area (Å²) in [7, 11) is 0. The molecule has 2 atom stereocenters. The maximum Gasteiger partial charge on any atom is 0.403 e. The highest BCUT2D eigenvalue weighted by molar-refractivity contribution is 5.74. The van der Waals surface area contributed by atoms with E-state index in [1.54, 1.807) is 4.90 Å². The molecule has 1 aliphatic rings. The minimum atomic E-state index is -4.20. The Labute approximate surface area is 105 Å². The fourth-order valence-corrected chi connectivity index (χ4v) is 2.04. The lowest BCUT2D eigenvalue weighted by Gasteiger charge is -2.32. The number of rotatable bonds is 3. The highest BCUT2D eigenvalue weighted by Gasteiger charge is 2.41. The van der Waals surface area contributed by atoms with Gasteiger partial charge in [0, 0.05) is 25.7 Å². The normalized spacial score (nSPS) is 24.7. The lowest BCUT2D eigenvalue weighted by Crippen LogP contribution is -2.56. The van der Waals surface area contributed by atoms with Crippen LogP contribution in [0.5, 0.6) is 0 Å². The zero-order chi connectivity index (χ0) is 13.8. The number of nitrogens with zero attached hydrogens (tertiary/aromatic N) is 1. The Morgan fingerprint density at radius 1 is 1.33 bits per heavy atom. The fourth-order valence-electron chi connectivity index (χ4n) is 2.04. The number of amides is 2. The van der Waals surface area contributed by atoms with Crippen molar-refractivity contribution in [3.63, 3.8) is 0 Å². The first-order valence-electron chi connectivity index (χ1n) is 6.24. The molecule has 0 aliphatic carbocycles. The van der Waals surface area contributed by atoms with Gasteiger partial charge in [0.25, 0.3) is 0 Å².